The number of nitrogens with one attached hydrogen (secondary N) is 2. The number of carbonyl (C=O) groups is 1. The molecule has 0 saturated carbocycles. The second-order valence-electron chi connectivity index (χ2n) is 6.95. The summed E-state index contributed by atoms with van der Waals surface area (Å²) in [6.07, 6.45) is 1.14. The van der Waals surface area contributed by atoms with E-state index in [1.165, 1.54) is 11.6 Å². The van der Waals surface area contributed by atoms with Crippen molar-refractivity contribution in [1.29, 1.82) is 0 Å². The Morgan fingerprint density at radius 1 is 1.00 bits per heavy atom. The maximum absolute atomic E-state index is 13.9. The number of hydrazine groups is 1. The molecule has 2 N–H and O–H groups in total. The van der Waals surface area contributed by atoms with E-state index in [1.54, 1.807) is 23.1 Å². The first kappa shape index (κ1) is 18.4. The highest BCUT2D eigenvalue weighted by atomic mass is 35.5. The molecule has 2 atom stereocenters. The summed E-state index contributed by atoms with van der Waals surface area (Å²) in [6, 6.07) is 14.3. The Hall–Kier alpha value is -1.99. The number of halogens is 2. The van der Waals surface area contributed by atoms with E-state index in [9.17, 15) is 9.18 Å². The highest BCUT2D eigenvalue weighted by molar-refractivity contribution is 6.30. The van der Waals surface area contributed by atoms with Gasteiger partial charge in [-0.15, -0.1) is 0 Å². The van der Waals surface area contributed by atoms with E-state index in [-0.39, 0.29) is 23.7 Å². The molecule has 7 heteroatoms. The van der Waals surface area contributed by atoms with E-state index >= 15 is 0 Å². The van der Waals surface area contributed by atoms with Crippen LogP contribution >= 0.6 is 11.6 Å². The van der Waals surface area contributed by atoms with Crippen LogP contribution in [-0.2, 0) is 0 Å². The van der Waals surface area contributed by atoms with E-state index < -0.39 is 5.82 Å². The third kappa shape index (κ3) is 3.99. The Kier molecular flexibility index (Phi) is 5.41. The number of piperazine rings is 1. The van der Waals surface area contributed by atoms with Crippen molar-refractivity contribution in [2.24, 2.45) is 0 Å². The standard InChI is InChI=1S/C20H22ClFN4O/c21-15-7-5-14(6-8-15)18-13-19(24-23-18)25-9-11-26(12-10-25)20(27)16-3-1-2-4-17(16)22/h1-8,18-19,23-24H,9-13H2. The first-order valence-electron chi connectivity index (χ1n) is 9.16. The lowest BCUT2D eigenvalue weighted by atomic mass is 10.0. The molecule has 2 aliphatic rings. The second-order valence-corrected chi connectivity index (χ2v) is 7.39. The monoisotopic (exact) mass is 388 g/mol. The molecule has 0 bridgehead atoms. The molecular formula is C20H22ClFN4O. The van der Waals surface area contributed by atoms with Gasteiger partial charge in [-0.05, 0) is 36.2 Å². The zero-order valence-corrected chi connectivity index (χ0v) is 15.6. The summed E-state index contributed by atoms with van der Waals surface area (Å²) < 4.78 is 13.9. The molecule has 27 heavy (non-hydrogen) atoms. The van der Waals surface area contributed by atoms with E-state index in [1.807, 2.05) is 24.3 Å². The summed E-state index contributed by atoms with van der Waals surface area (Å²) in [7, 11) is 0. The molecule has 4 rings (SSSR count). The highest BCUT2D eigenvalue weighted by Crippen LogP contribution is 2.25. The maximum atomic E-state index is 13.9. The van der Waals surface area contributed by atoms with E-state index in [0.717, 1.165) is 24.5 Å². The van der Waals surface area contributed by atoms with Crippen molar-refractivity contribution >= 4 is 17.5 Å². The number of nitrogens with zero attached hydrogens (tertiary/aromatic N) is 2. The Morgan fingerprint density at radius 3 is 2.41 bits per heavy atom. The molecule has 2 fully saturated rings. The predicted octanol–water partition coefficient (Wildman–Crippen LogP) is 2.80. The van der Waals surface area contributed by atoms with Crippen LogP contribution < -0.4 is 10.9 Å². The van der Waals surface area contributed by atoms with Gasteiger partial charge in [0.25, 0.3) is 5.91 Å². The van der Waals surface area contributed by atoms with Crippen LogP contribution in [0.1, 0.15) is 28.4 Å². The van der Waals surface area contributed by atoms with Crippen LogP contribution in [0.5, 0.6) is 0 Å². The molecule has 2 aliphatic heterocycles. The van der Waals surface area contributed by atoms with Gasteiger partial charge >= 0.3 is 0 Å². The van der Waals surface area contributed by atoms with Gasteiger partial charge in [-0.1, -0.05) is 35.9 Å². The van der Waals surface area contributed by atoms with Gasteiger partial charge in [0.15, 0.2) is 0 Å². The molecule has 2 heterocycles. The topological polar surface area (TPSA) is 47.6 Å². The lowest BCUT2D eigenvalue weighted by Gasteiger charge is -2.37. The summed E-state index contributed by atoms with van der Waals surface area (Å²) in [6.45, 7) is 2.70. The fourth-order valence-corrected chi connectivity index (χ4v) is 3.86. The van der Waals surface area contributed by atoms with Gasteiger partial charge in [0, 0.05) is 37.2 Å². The average molecular weight is 389 g/mol. The van der Waals surface area contributed by atoms with Crippen LogP contribution in [0.15, 0.2) is 48.5 Å². The van der Waals surface area contributed by atoms with Gasteiger partial charge < -0.3 is 4.90 Å². The van der Waals surface area contributed by atoms with Crippen molar-refractivity contribution in [2.45, 2.75) is 18.6 Å². The lowest BCUT2D eigenvalue weighted by Crippen LogP contribution is -2.55. The number of amides is 1. The van der Waals surface area contributed by atoms with Crippen LogP contribution in [0.4, 0.5) is 4.39 Å². The summed E-state index contributed by atoms with van der Waals surface area (Å²) >= 11 is 5.96. The summed E-state index contributed by atoms with van der Waals surface area (Å²) in [5, 5.41) is 0.733. The van der Waals surface area contributed by atoms with E-state index in [4.69, 9.17) is 11.6 Å². The van der Waals surface area contributed by atoms with Crippen molar-refractivity contribution in [2.75, 3.05) is 26.2 Å². The van der Waals surface area contributed by atoms with Crippen molar-refractivity contribution in [3.05, 3.63) is 70.5 Å². The van der Waals surface area contributed by atoms with Gasteiger partial charge in [-0.3, -0.25) is 9.69 Å². The molecule has 2 aromatic rings. The molecule has 0 spiro atoms. The molecule has 2 aromatic carbocycles. The van der Waals surface area contributed by atoms with E-state index in [0.29, 0.717) is 13.1 Å². The minimum atomic E-state index is -0.461. The zero-order chi connectivity index (χ0) is 18.8. The van der Waals surface area contributed by atoms with Crippen molar-refractivity contribution in [1.82, 2.24) is 20.7 Å². The molecular weight excluding hydrogens is 367 g/mol. The fraction of sp³-hybridized carbons (Fsp3) is 0.350. The number of benzene rings is 2. The van der Waals surface area contributed by atoms with Gasteiger partial charge in [-0.25, -0.2) is 15.2 Å². The zero-order valence-electron chi connectivity index (χ0n) is 14.9. The molecule has 2 unspecified atom stereocenters. The average Bonchev–Trinajstić information content (AvgIpc) is 3.19. The lowest BCUT2D eigenvalue weighted by molar-refractivity contribution is 0.0541. The SMILES string of the molecule is O=C(c1ccccc1F)N1CCN(C2CC(c3ccc(Cl)cc3)NN2)CC1. The van der Waals surface area contributed by atoms with Crippen molar-refractivity contribution < 1.29 is 9.18 Å². The molecule has 142 valence electrons. The molecule has 0 aliphatic carbocycles. The Labute approximate surface area is 163 Å². The third-order valence-electron chi connectivity index (χ3n) is 5.30. The van der Waals surface area contributed by atoms with Crippen LogP contribution in [0.2, 0.25) is 5.02 Å². The largest absolute Gasteiger partial charge is 0.336 e. The minimum absolute atomic E-state index is 0.148. The summed E-state index contributed by atoms with van der Waals surface area (Å²) in [5.41, 5.74) is 8.04. The number of hydrogen-bond acceptors (Lipinski definition) is 4. The molecule has 0 aromatic heterocycles. The Morgan fingerprint density at radius 2 is 1.70 bits per heavy atom. The summed E-state index contributed by atoms with van der Waals surface area (Å²) in [5.74, 6) is -0.693. The molecule has 0 radical (unpaired) electrons. The van der Waals surface area contributed by atoms with Gasteiger partial charge in [-0.2, -0.15) is 0 Å². The summed E-state index contributed by atoms with van der Waals surface area (Å²) in [4.78, 5) is 16.6. The Balaban J connectivity index is 1.33. The minimum Gasteiger partial charge on any atom is -0.336 e. The number of carbonyl (C=O) groups excluding carboxylic acids is 1. The van der Waals surface area contributed by atoms with Gasteiger partial charge in [0.1, 0.15) is 5.82 Å². The molecule has 5 nitrogen and oxygen atoms in total. The first-order chi connectivity index (χ1) is 13.1. The van der Waals surface area contributed by atoms with Crippen molar-refractivity contribution in [3.8, 4) is 0 Å². The normalized spacial score (nSPS) is 23.6. The maximum Gasteiger partial charge on any atom is 0.256 e. The van der Waals surface area contributed by atoms with Crippen LogP contribution in [0, 0.1) is 5.82 Å². The van der Waals surface area contributed by atoms with Crippen LogP contribution in [0.25, 0.3) is 0 Å². The third-order valence-corrected chi connectivity index (χ3v) is 5.55. The Bertz CT molecular complexity index is 808. The van der Waals surface area contributed by atoms with E-state index in [2.05, 4.69) is 15.8 Å². The molecule has 2 saturated heterocycles. The highest BCUT2D eigenvalue weighted by Gasteiger charge is 2.32. The van der Waals surface area contributed by atoms with Crippen molar-refractivity contribution in [3.63, 3.8) is 0 Å². The first-order valence-corrected chi connectivity index (χ1v) is 9.54. The molecule has 1 amide bonds. The van der Waals surface area contributed by atoms with Crippen LogP contribution in [0.3, 0.4) is 0 Å². The predicted molar refractivity (Wildman–Crippen MR) is 103 cm³/mol. The quantitative estimate of drug-likeness (QED) is 0.848. The number of rotatable bonds is 3. The second kappa shape index (κ2) is 7.94. The van der Waals surface area contributed by atoms with Gasteiger partial charge in [0.05, 0.1) is 11.7 Å². The fourth-order valence-electron chi connectivity index (χ4n) is 3.73. The number of hydrogen-bond donors (Lipinski definition) is 2. The van der Waals surface area contributed by atoms with Gasteiger partial charge in [0.2, 0.25) is 0 Å². The smallest absolute Gasteiger partial charge is 0.256 e. The van der Waals surface area contributed by atoms with Crippen LogP contribution in [-0.4, -0.2) is 48.1 Å².